The molecule has 0 saturated carbocycles. The summed E-state index contributed by atoms with van der Waals surface area (Å²) in [6.45, 7) is 5.49. The lowest BCUT2D eigenvalue weighted by atomic mass is 10.0. The van der Waals surface area contributed by atoms with Crippen molar-refractivity contribution in [1.82, 2.24) is 10.2 Å². The summed E-state index contributed by atoms with van der Waals surface area (Å²) in [4.78, 5) is 14.9. The van der Waals surface area contributed by atoms with Gasteiger partial charge in [-0.2, -0.15) is 0 Å². The van der Waals surface area contributed by atoms with Crippen LogP contribution in [-0.4, -0.2) is 57.0 Å². The number of aryl methyl sites for hydroxylation is 2. The van der Waals surface area contributed by atoms with Crippen molar-refractivity contribution in [2.24, 2.45) is 0 Å². The molecule has 1 fully saturated rings. The highest BCUT2D eigenvalue weighted by Gasteiger charge is 2.32. The first kappa shape index (κ1) is 21.3. The number of sulfone groups is 1. The Morgan fingerprint density at radius 3 is 2.31 bits per heavy atom. The largest absolute Gasteiger partial charge is 0.492 e. The fourth-order valence-electron chi connectivity index (χ4n) is 3.60. The summed E-state index contributed by atoms with van der Waals surface area (Å²) in [7, 11) is -3.01. The van der Waals surface area contributed by atoms with E-state index >= 15 is 0 Å². The highest BCUT2D eigenvalue weighted by Crippen LogP contribution is 2.23. The molecule has 2 aromatic rings. The first-order chi connectivity index (χ1) is 13.8. The van der Waals surface area contributed by atoms with Gasteiger partial charge in [-0.1, -0.05) is 36.4 Å². The minimum atomic E-state index is -3.01. The monoisotopic (exact) mass is 416 g/mol. The number of rotatable bonds is 7. The van der Waals surface area contributed by atoms with Crippen molar-refractivity contribution in [3.63, 3.8) is 0 Å². The molecule has 1 aliphatic heterocycles. The number of carbonyl (C=O) groups is 1. The van der Waals surface area contributed by atoms with Crippen molar-refractivity contribution < 1.29 is 17.9 Å². The first-order valence-corrected chi connectivity index (χ1v) is 11.6. The standard InChI is InChI=1S/C22H28N2O4S/c1-17-14-18(2)16-20(15-17)28-11-8-23-22(25)21(19-6-4-3-5-7-19)24-9-12-29(26,27)13-10-24/h3-7,14-16,21H,8-13H2,1-2H3,(H,23,25). The third-order valence-electron chi connectivity index (χ3n) is 4.97. The molecule has 1 N–H and O–H groups in total. The number of amides is 1. The summed E-state index contributed by atoms with van der Waals surface area (Å²) in [5.74, 6) is 0.816. The molecule has 29 heavy (non-hydrogen) atoms. The van der Waals surface area contributed by atoms with Gasteiger partial charge in [0.15, 0.2) is 9.84 Å². The minimum absolute atomic E-state index is 0.0828. The smallest absolute Gasteiger partial charge is 0.242 e. The molecule has 0 bridgehead atoms. The van der Waals surface area contributed by atoms with Crippen LogP contribution in [0.2, 0.25) is 0 Å². The van der Waals surface area contributed by atoms with Gasteiger partial charge < -0.3 is 10.1 Å². The zero-order chi connectivity index (χ0) is 20.9. The molecular formula is C22H28N2O4S. The van der Waals surface area contributed by atoms with Gasteiger partial charge >= 0.3 is 0 Å². The highest BCUT2D eigenvalue weighted by molar-refractivity contribution is 7.91. The third kappa shape index (κ3) is 6.05. The van der Waals surface area contributed by atoms with Crippen LogP contribution >= 0.6 is 0 Å². The quantitative estimate of drug-likeness (QED) is 0.701. The van der Waals surface area contributed by atoms with Crippen LogP contribution in [0.3, 0.4) is 0 Å². The maximum Gasteiger partial charge on any atom is 0.242 e. The number of hydrogen-bond acceptors (Lipinski definition) is 5. The zero-order valence-corrected chi connectivity index (χ0v) is 17.7. The van der Waals surface area contributed by atoms with E-state index in [0.29, 0.717) is 26.2 Å². The number of ether oxygens (including phenoxy) is 1. The second-order valence-electron chi connectivity index (χ2n) is 7.46. The first-order valence-electron chi connectivity index (χ1n) is 9.82. The van der Waals surface area contributed by atoms with Crippen LogP contribution in [0.1, 0.15) is 22.7 Å². The molecule has 0 spiro atoms. The van der Waals surface area contributed by atoms with E-state index < -0.39 is 15.9 Å². The topological polar surface area (TPSA) is 75.7 Å². The molecule has 0 radical (unpaired) electrons. The summed E-state index contributed by atoms with van der Waals surface area (Å²) in [6.07, 6.45) is 0. The molecule has 6 nitrogen and oxygen atoms in total. The average molecular weight is 417 g/mol. The summed E-state index contributed by atoms with van der Waals surface area (Å²) in [6, 6.07) is 15.0. The average Bonchev–Trinajstić information content (AvgIpc) is 2.67. The van der Waals surface area contributed by atoms with E-state index in [4.69, 9.17) is 4.74 Å². The lowest BCUT2D eigenvalue weighted by molar-refractivity contribution is -0.126. The van der Waals surface area contributed by atoms with Crippen molar-refractivity contribution in [2.75, 3.05) is 37.7 Å². The van der Waals surface area contributed by atoms with E-state index in [9.17, 15) is 13.2 Å². The Labute approximate surface area is 172 Å². The highest BCUT2D eigenvalue weighted by atomic mass is 32.2. The van der Waals surface area contributed by atoms with E-state index in [0.717, 1.165) is 22.4 Å². The molecule has 1 amide bonds. The molecule has 1 unspecified atom stereocenters. The third-order valence-corrected chi connectivity index (χ3v) is 6.58. The molecule has 2 aromatic carbocycles. The maximum absolute atomic E-state index is 13.0. The molecule has 0 aromatic heterocycles. The van der Waals surface area contributed by atoms with Gasteiger partial charge in [0.2, 0.25) is 5.91 Å². The second-order valence-corrected chi connectivity index (χ2v) is 9.77. The minimum Gasteiger partial charge on any atom is -0.492 e. The van der Waals surface area contributed by atoms with Gasteiger partial charge in [-0.3, -0.25) is 9.69 Å². The van der Waals surface area contributed by atoms with Gasteiger partial charge in [0, 0.05) is 13.1 Å². The predicted molar refractivity (Wildman–Crippen MR) is 114 cm³/mol. The molecule has 0 aliphatic carbocycles. The lowest BCUT2D eigenvalue weighted by Gasteiger charge is -2.33. The molecular weight excluding hydrogens is 388 g/mol. The van der Waals surface area contributed by atoms with Crippen LogP contribution in [0.15, 0.2) is 48.5 Å². The van der Waals surface area contributed by atoms with Gasteiger partial charge in [0.1, 0.15) is 18.4 Å². The number of nitrogens with zero attached hydrogens (tertiary/aromatic N) is 1. The van der Waals surface area contributed by atoms with Gasteiger partial charge in [0.25, 0.3) is 0 Å². The molecule has 1 atom stereocenters. The summed E-state index contributed by atoms with van der Waals surface area (Å²) in [5.41, 5.74) is 3.13. The van der Waals surface area contributed by atoms with Crippen LogP contribution in [0, 0.1) is 13.8 Å². The van der Waals surface area contributed by atoms with E-state index in [2.05, 4.69) is 11.4 Å². The Morgan fingerprint density at radius 1 is 1.07 bits per heavy atom. The van der Waals surface area contributed by atoms with Gasteiger partial charge in [-0.25, -0.2) is 8.42 Å². The summed E-state index contributed by atoms with van der Waals surface area (Å²) < 4.78 is 29.3. The van der Waals surface area contributed by atoms with Crippen LogP contribution in [0.5, 0.6) is 5.75 Å². The van der Waals surface area contributed by atoms with Crippen LogP contribution < -0.4 is 10.1 Å². The normalized spacial score (nSPS) is 17.4. The molecule has 1 heterocycles. The lowest BCUT2D eigenvalue weighted by Crippen LogP contribution is -2.48. The number of carbonyl (C=O) groups excluding carboxylic acids is 1. The maximum atomic E-state index is 13.0. The number of hydrogen-bond donors (Lipinski definition) is 1. The van der Waals surface area contributed by atoms with Crippen LogP contribution in [0.4, 0.5) is 0 Å². The van der Waals surface area contributed by atoms with Gasteiger partial charge in [-0.05, 0) is 42.7 Å². The Hall–Kier alpha value is -2.38. The van der Waals surface area contributed by atoms with Crippen molar-refractivity contribution in [3.8, 4) is 5.75 Å². The second kappa shape index (κ2) is 9.41. The van der Waals surface area contributed by atoms with E-state index in [1.165, 1.54) is 0 Å². The van der Waals surface area contributed by atoms with Crippen LogP contribution in [-0.2, 0) is 14.6 Å². The predicted octanol–water partition coefficient (Wildman–Crippen LogP) is 2.27. The molecule has 1 saturated heterocycles. The van der Waals surface area contributed by atoms with Crippen molar-refractivity contribution in [1.29, 1.82) is 0 Å². The molecule has 7 heteroatoms. The fourth-order valence-corrected chi connectivity index (χ4v) is 4.83. The van der Waals surface area contributed by atoms with Crippen molar-refractivity contribution in [2.45, 2.75) is 19.9 Å². The zero-order valence-electron chi connectivity index (χ0n) is 16.9. The van der Waals surface area contributed by atoms with E-state index in [1.54, 1.807) is 0 Å². The van der Waals surface area contributed by atoms with E-state index in [-0.39, 0.29) is 17.4 Å². The Kier molecular flexibility index (Phi) is 6.92. The molecule has 3 rings (SSSR count). The van der Waals surface area contributed by atoms with Crippen LogP contribution in [0.25, 0.3) is 0 Å². The number of nitrogens with one attached hydrogen (secondary N) is 1. The Balaban J connectivity index is 1.61. The van der Waals surface area contributed by atoms with E-state index in [1.807, 2.05) is 61.2 Å². The van der Waals surface area contributed by atoms with Crippen molar-refractivity contribution in [3.05, 3.63) is 65.2 Å². The summed E-state index contributed by atoms with van der Waals surface area (Å²) >= 11 is 0. The summed E-state index contributed by atoms with van der Waals surface area (Å²) in [5, 5.41) is 2.94. The Bertz CT molecular complexity index is 910. The number of benzene rings is 2. The fraction of sp³-hybridized carbons (Fsp3) is 0.409. The SMILES string of the molecule is Cc1cc(C)cc(OCCNC(=O)C(c2ccccc2)N2CCS(=O)(=O)CC2)c1. The van der Waals surface area contributed by atoms with Gasteiger partial charge in [0.05, 0.1) is 18.1 Å². The molecule has 156 valence electrons. The van der Waals surface area contributed by atoms with Crippen molar-refractivity contribution >= 4 is 15.7 Å². The van der Waals surface area contributed by atoms with Gasteiger partial charge in [-0.15, -0.1) is 0 Å². The Morgan fingerprint density at radius 2 is 1.69 bits per heavy atom. The molecule has 1 aliphatic rings.